The molecule has 1 aliphatic rings. The Balaban J connectivity index is 1.73. The summed E-state index contributed by atoms with van der Waals surface area (Å²) in [6, 6.07) is 9.32. The molecule has 0 radical (unpaired) electrons. The van der Waals surface area contributed by atoms with Crippen LogP contribution in [0.4, 0.5) is 0 Å². The summed E-state index contributed by atoms with van der Waals surface area (Å²) in [5.41, 5.74) is 3.05. The number of nitrogens with zero attached hydrogens (tertiary/aromatic N) is 3. The van der Waals surface area contributed by atoms with E-state index in [9.17, 15) is 0 Å². The normalized spacial score (nSPS) is 19.2. The molecule has 4 heteroatoms. The van der Waals surface area contributed by atoms with E-state index in [2.05, 4.69) is 53.6 Å². The van der Waals surface area contributed by atoms with Crippen LogP contribution in [0.3, 0.4) is 0 Å². The van der Waals surface area contributed by atoms with Gasteiger partial charge in [-0.2, -0.15) is 5.10 Å². The fourth-order valence-electron chi connectivity index (χ4n) is 3.48. The quantitative estimate of drug-likeness (QED) is 0.915. The van der Waals surface area contributed by atoms with Gasteiger partial charge in [0, 0.05) is 19.0 Å². The lowest BCUT2D eigenvalue weighted by Crippen LogP contribution is -2.39. The molecule has 0 amide bonds. The van der Waals surface area contributed by atoms with Gasteiger partial charge in [0.2, 0.25) is 0 Å². The van der Waals surface area contributed by atoms with Crippen LogP contribution in [0, 0.1) is 5.92 Å². The van der Waals surface area contributed by atoms with Crippen molar-refractivity contribution >= 4 is 0 Å². The molecule has 0 bridgehead atoms. The van der Waals surface area contributed by atoms with Crippen molar-refractivity contribution in [3.63, 3.8) is 0 Å². The summed E-state index contributed by atoms with van der Waals surface area (Å²) in [4.78, 5) is 4.43. The highest BCUT2D eigenvalue weighted by molar-refractivity contribution is 5.30. The van der Waals surface area contributed by atoms with Gasteiger partial charge in [-0.1, -0.05) is 24.3 Å². The van der Waals surface area contributed by atoms with E-state index < -0.39 is 0 Å². The number of aromatic nitrogens is 3. The molecule has 1 N–H and O–H groups in total. The van der Waals surface area contributed by atoms with Crippen LogP contribution in [0.5, 0.6) is 0 Å². The van der Waals surface area contributed by atoms with E-state index in [1.54, 1.807) is 6.33 Å². The molecule has 4 nitrogen and oxygen atoms in total. The van der Waals surface area contributed by atoms with Gasteiger partial charge in [0.1, 0.15) is 12.2 Å². The lowest BCUT2D eigenvalue weighted by Gasteiger charge is -2.31. The summed E-state index contributed by atoms with van der Waals surface area (Å²) in [5, 5.41) is 7.79. The van der Waals surface area contributed by atoms with Crippen molar-refractivity contribution in [3.8, 4) is 0 Å². The minimum atomic E-state index is 0.466. The fourth-order valence-corrected chi connectivity index (χ4v) is 3.48. The Kier molecular flexibility index (Phi) is 4.34. The highest BCUT2D eigenvalue weighted by atomic mass is 15.3. The van der Waals surface area contributed by atoms with Crippen LogP contribution < -0.4 is 5.32 Å². The summed E-state index contributed by atoms with van der Waals surface area (Å²) in [6.45, 7) is 3.00. The summed E-state index contributed by atoms with van der Waals surface area (Å²) in [6.07, 6.45) is 6.24. The molecule has 2 atom stereocenters. The Morgan fingerprint density at radius 1 is 1.33 bits per heavy atom. The SMILES string of the molecule is CCn1ncnc1CC(NC)C1CCc2ccccc2C1. The topological polar surface area (TPSA) is 42.7 Å². The predicted molar refractivity (Wildman–Crippen MR) is 84.2 cm³/mol. The largest absolute Gasteiger partial charge is 0.316 e. The number of rotatable bonds is 5. The average molecular weight is 284 g/mol. The first kappa shape index (κ1) is 14.3. The Morgan fingerprint density at radius 2 is 2.14 bits per heavy atom. The number of fused-ring (bicyclic) bond motifs is 1. The number of likely N-dealkylation sites (N-methyl/N-ethyl adjacent to an activating group) is 1. The minimum Gasteiger partial charge on any atom is -0.316 e. The number of aryl methyl sites for hydroxylation is 2. The molecule has 3 rings (SSSR count). The van der Waals surface area contributed by atoms with E-state index in [0.717, 1.165) is 18.8 Å². The molecule has 1 heterocycles. The third-order valence-electron chi connectivity index (χ3n) is 4.72. The van der Waals surface area contributed by atoms with Crippen LogP contribution in [0.1, 0.15) is 30.3 Å². The van der Waals surface area contributed by atoms with Crippen molar-refractivity contribution < 1.29 is 0 Å². The van der Waals surface area contributed by atoms with E-state index in [1.165, 1.54) is 30.4 Å². The van der Waals surface area contributed by atoms with Gasteiger partial charge in [0.15, 0.2) is 0 Å². The first-order valence-electron chi connectivity index (χ1n) is 7.92. The maximum atomic E-state index is 4.43. The zero-order valence-electron chi connectivity index (χ0n) is 12.9. The second-order valence-electron chi connectivity index (χ2n) is 5.86. The van der Waals surface area contributed by atoms with Gasteiger partial charge in [0.25, 0.3) is 0 Å². The lowest BCUT2D eigenvalue weighted by molar-refractivity contribution is 0.325. The molecule has 21 heavy (non-hydrogen) atoms. The zero-order valence-corrected chi connectivity index (χ0v) is 12.9. The van der Waals surface area contributed by atoms with Gasteiger partial charge in [-0.3, -0.25) is 4.68 Å². The summed E-state index contributed by atoms with van der Waals surface area (Å²) < 4.78 is 2.00. The maximum absolute atomic E-state index is 4.43. The van der Waals surface area contributed by atoms with E-state index in [-0.39, 0.29) is 0 Å². The van der Waals surface area contributed by atoms with Gasteiger partial charge in [-0.25, -0.2) is 4.98 Å². The molecule has 0 saturated heterocycles. The molecular formula is C17H24N4. The number of hydrogen-bond donors (Lipinski definition) is 1. The standard InChI is InChI=1S/C17H24N4/c1-3-21-17(19-12-20-21)11-16(18-2)15-9-8-13-6-4-5-7-14(13)10-15/h4-7,12,15-16,18H,3,8-11H2,1-2H3. The minimum absolute atomic E-state index is 0.466. The van der Waals surface area contributed by atoms with Crippen molar-refractivity contribution in [2.24, 2.45) is 5.92 Å². The second kappa shape index (κ2) is 6.39. The molecule has 1 aromatic carbocycles. The predicted octanol–water partition coefficient (Wildman–Crippen LogP) is 2.23. The van der Waals surface area contributed by atoms with E-state index in [0.29, 0.717) is 12.0 Å². The number of benzene rings is 1. The molecule has 1 aromatic heterocycles. The smallest absolute Gasteiger partial charge is 0.138 e. The third-order valence-corrected chi connectivity index (χ3v) is 4.72. The van der Waals surface area contributed by atoms with Gasteiger partial charge < -0.3 is 5.32 Å². The van der Waals surface area contributed by atoms with E-state index >= 15 is 0 Å². The van der Waals surface area contributed by atoms with Crippen LogP contribution in [-0.2, 0) is 25.8 Å². The van der Waals surface area contributed by atoms with Crippen LogP contribution in [-0.4, -0.2) is 27.9 Å². The van der Waals surface area contributed by atoms with Crippen molar-refractivity contribution in [1.29, 1.82) is 0 Å². The van der Waals surface area contributed by atoms with E-state index in [1.807, 2.05) is 4.68 Å². The third kappa shape index (κ3) is 3.00. The van der Waals surface area contributed by atoms with E-state index in [4.69, 9.17) is 0 Å². The van der Waals surface area contributed by atoms with Gasteiger partial charge in [-0.15, -0.1) is 0 Å². The molecule has 0 aliphatic heterocycles. The Labute approximate surface area is 126 Å². The van der Waals surface area contributed by atoms with Gasteiger partial charge in [0.05, 0.1) is 0 Å². The average Bonchev–Trinajstić information content (AvgIpc) is 2.99. The van der Waals surface area contributed by atoms with Gasteiger partial charge in [-0.05, 0) is 50.3 Å². The Morgan fingerprint density at radius 3 is 2.90 bits per heavy atom. The van der Waals surface area contributed by atoms with Crippen molar-refractivity contribution in [2.45, 2.75) is 45.2 Å². The molecule has 1 aliphatic carbocycles. The molecule has 0 saturated carbocycles. The van der Waals surface area contributed by atoms with Crippen molar-refractivity contribution in [3.05, 3.63) is 47.5 Å². The number of hydrogen-bond acceptors (Lipinski definition) is 3. The highest BCUT2D eigenvalue weighted by Crippen LogP contribution is 2.28. The summed E-state index contributed by atoms with van der Waals surface area (Å²) in [5.74, 6) is 1.77. The lowest BCUT2D eigenvalue weighted by atomic mass is 9.79. The first-order chi connectivity index (χ1) is 10.3. The molecule has 2 aromatic rings. The fraction of sp³-hybridized carbons (Fsp3) is 0.529. The van der Waals surface area contributed by atoms with Crippen molar-refractivity contribution in [1.82, 2.24) is 20.1 Å². The van der Waals surface area contributed by atoms with Crippen LogP contribution >= 0.6 is 0 Å². The maximum Gasteiger partial charge on any atom is 0.138 e. The van der Waals surface area contributed by atoms with Crippen LogP contribution in [0.25, 0.3) is 0 Å². The highest BCUT2D eigenvalue weighted by Gasteiger charge is 2.26. The molecule has 0 fully saturated rings. The summed E-state index contributed by atoms with van der Waals surface area (Å²) in [7, 11) is 2.07. The molecule has 112 valence electrons. The Hall–Kier alpha value is -1.68. The zero-order chi connectivity index (χ0) is 14.7. The van der Waals surface area contributed by atoms with Crippen LogP contribution in [0.15, 0.2) is 30.6 Å². The number of nitrogens with one attached hydrogen (secondary N) is 1. The van der Waals surface area contributed by atoms with Crippen molar-refractivity contribution in [2.75, 3.05) is 7.05 Å². The Bertz CT molecular complexity index is 590. The molecule has 0 spiro atoms. The monoisotopic (exact) mass is 284 g/mol. The van der Waals surface area contributed by atoms with Gasteiger partial charge >= 0.3 is 0 Å². The first-order valence-corrected chi connectivity index (χ1v) is 7.92. The molecule has 2 unspecified atom stereocenters. The second-order valence-corrected chi connectivity index (χ2v) is 5.86. The van der Waals surface area contributed by atoms with Crippen LogP contribution in [0.2, 0.25) is 0 Å². The molecular weight excluding hydrogens is 260 g/mol. The summed E-state index contributed by atoms with van der Waals surface area (Å²) >= 11 is 0.